The van der Waals surface area contributed by atoms with Crippen molar-refractivity contribution < 1.29 is 9.59 Å². The van der Waals surface area contributed by atoms with Crippen molar-refractivity contribution in [3.8, 4) is 0 Å². The molecule has 0 unspecified atom stereocenters. The number of carbonyl (C=O) groups excluding carboxylic acids is 2. The van der Waals surface area contributed by atoms with Crippen LogP contribution in [0.25, 0.3) is 0 Å². The molecule has 2 atom stereocenters. The van der Waals surface area contributed by atoms with Gasteiger partial charge >= 0.3 is 6.03 Å². The molecule has 2 aliphatic rings. The van der Waals surface area contributed by atoms with E-state index in [0.29, 0.717) is 5.92 Å². The van der Waals surface area contributed by atoms with Crippen molar-refractivity contribution in [1.82, 2.24) is 25.4 Å². The lowest BCUT2D eigenvalue weighted by Crippen LogP contribution is -2.48. The summed E-state index contributed by atoms with van der Waals surface area (Å²) in [5, 5.41) is 14.6. The lowest BCUT2D eigenvalue weighted by Gasteiger charge is -2.29. The number of carbonyl (C=O) groups is 2. The van der Waals surface area contributed by atoms with Gasteiger partial charge in [0.05, 0.1) is 5.75 Å². The summed E-state index contributed by atoms with van der Waals surface area (Å²) < 4.78 is 2.11. The Balaban J connectivity index is 1.45. The Morgan fingerprint density at radius 3 is 2.84 bits per heavy atom. The van der Waals surface area contributed by atoms with Crippen LogP contribution in [-0.4, -0.2) is 38.5 Å². The molecule has 0 saturated heterocycles. The second-order valence-corrected chi connectivity index (χ2v) is 7.98. The van der Waals surface area contributed by atoms with E-state index in [9.17, 15) is 9.59 Å². The summed E-state index contributed by atoms with van der Waals surface area (Å²) in [5.41, 5.74) is 0. The molecule has 1 aliphatic heterocycles. The molecule has 3 rings (SSSR count). The highest BCUT2D eigenvalue weighted by Crippen LogP contribution is 2.24. The first-order valence-electron chi connectivity index (χ1n) is 9.28. The Morgan fingerprint density at radius 1 is 1.16 bits per heavy atom. The number of nitrogens with one attached hydrogen (secondary N) is 2. The quantitative estimate of drug-likeness (QED) is 0.800. The molecule has 0 aromatic carbocycles. The van der Waals surface area contributed by atoms with E-state index in [-0.39, 0.29) is 23.7 Å². The molecule has 0 spiro atoms. The first-order chi connectivity index (χ1) is 12.1. The predicted molar refractivity (Wildman–Crippen MR) is 96.4 cm³/mol. The summed E-state index contributed by atoms with van der Waals surface area (Å²) in [7, 11) is 0. The molecular formula is C17H27N5O2S. The lowest BCUT2D eigenvalue weighted by atomic mass is 9.86. The second kappa shape index (κ2) is 8.69. The second-order valence-electron chi connectivity index (χ2n) is 7.04. The van der Waals surface area contributed by atoms with Gasteiger partial charge in [0.25, 0.3) is 0 Å². The van der Waals surface area contributed by atoms with Gasteiger partial charge in [-0.1, -0.05) is 37.9 Å². The molecule has 7 nitrogen and oxygen atoms in total. The molecule has 0 radical (unpaired) electrons. The maximum absolute atomic E-state index is 12.1. The van der Waals surface area contributed by atoms with Crippen LogP contribution in [0.5, 0.6) is 0 Å². The number of thioether (sulfide) groups is 1. The van der Waals surface area contributed by atoms with Gasteiger partial charge in [-0.3, -0.25) is 10.1 Å². The third kappa shape index (κ3) is 4.96. The number of rotatable bonds is 4. The first kappa shape index (κ1) is 18.2. The summed E-state index contributed by atoms with van der Waals surface area (Å²) >= 11 is 1.34. The van der Waals surface area contributed by atoms with Gasteiger partial charge in [-0.25, -0.2) is 4.79 Å². The van der Waals surface area contributed by atoms with Crippen molar-refractivity contribution in [2.24, 2.45) is 5.92 Å². The van der Waals surface area contributed by atoms with E-state index in [1.54, 1.807) is 0 Å². The molecule has 0 bridgehead atoms. The normalized spacial score (nSPS) is 23.4. The predicted octanol–water partition coefficient (Wildman–Crippen LogP) is 2.50. The van der Waals surface area contributed by atoms with Gasteiger partial charge in [0, 0.05) is 19.0 Å². The fraction of sp³-hybridized carbons (Fsp3) is 0.765. The Bertz CT molecular complexity index is 618. The Labute approximate surface area is 152 Å². The summed E-state index contributed by atoms with van der Waals surface area (Å²) in [6.45, 7) is 3.06. The highest BCUT2D eigenvalue weighted by atomic mass is 32.2. The van der Waals surface area contributed by atoms with Crippen LogP contribution in [0.1, 0.15) is 57.7 Å². The van der Waals surface area contributed by atoms with E-state index in [0.717, 1.165) is 56.1 Å². The highest BCUT2D eigenvalue weighted by molar-refractivity contribution is 7.99. The first-order valence-corrected chi connectivity index (χ1v) is 10.3. The molecule has 1 fully saturated rings. The fourth-order valence-electron chi connectivity index (χ4n) is 3.59. The van der Waals surface area contributed by atoms with E-state index >= 15 is 0 Å². The Morgan fingerprint density at radius 2 is 2.00 bits per heavy atom. The van der Waals surface area contributed by atoms with Crippen molar-refractivity contribution >= 4 is 23.7 Å². The molecule has 3 amide bonds. The van der Waals surface area contributed by atoms with Crippen LogP contribution in [0.4, 0.5) is 4.79 Å². The molecular weight excluding hydrogens is 338 g/mol. The minimum Gasteiger partial charge on any atom is -0.335 e. The van der Waals surface area contributed by atoms with Crippen molar-refractivity contribution in [1.29, 1.82) is 0 Å². The van der Waals surface area contributed by atoms with Crippen LogP contribution in [0.2, 0.25) is 0 Å². The number of imide groups is 1. The average molecular weight is 366 g/mol. The lowest BCUT2D eigenvalue weighted by molar-refractivity contribution is -0.117. The van der Waals surface area contributed by atoms with Crippen LogP contribution in [0.15, 0.2) is 5.16 Å². The van der Waals surface area contributed by atoms with Crippen molar-refractivity contribution in [2.45, 2.75) is 76.0 Å². The zero-order valence-electron chi connectivity index (χ0n) is 14.8. The van der Waals surface area contributed by atoms with Crippen molar-refractivity contribution in [3.05, 3.63) is 5.82 Å². The number of hydrogen-bond donors (Lipinski definition) is 2. The fourth-order valence-corrected chi connectivity index (χ4v) is 4.38. The van der Waals surface area contributed by atoms with E-state index in [2.05, 4.69) is 32.3 Å². The molecule has 8 heteroatoms. The van der Waals surface area contributed by atoms with Crippen molar-refractivity contribution in [3.63, 3.8) is 0 Å². The molecule has 1 aromatic rings. The number of aryl methyl sites for hydroxylation is 1. The maximum Gasteiger partial charge on any atom is 0.321 e. The van der Waals surface area contributed by atoms with Gasteiger partial charge in [0.1, 0.15) is 5.82 Å². The van der Waals surface area contributed by atoms with Crippen LogP contribution in [-0.2, 0) is 17.8 Å². The van der Waals surface area contributed by atoms with Crippen LogP contribution in [0.3, 0.4) is 0 Å². The van der Waals surface area contributed by atoms with E-state index in [4.69, 9.17) is 0 Å². The third-order valence-corrected chi connectivity index (χ3v) is 6.06. The van der Waals surface area contributed by atoms with Gasteiger partial charge in [0.15, 0.2) is 5.16 Å². The Hall–Kier alpha value is -1.57. The van der Waals surface area contributed by atoms with Crippen LogP contribution < -0.4 is 10.6 Å². The number of aromatic nitrogens is 3. The molecule has 1 aromatic heterocycles. The zero-order chi connectivity index (χ0) is 17.6. The molecule has 138 valence electrons. The zero-order valence-corrected chi connectivity index (χ0v) is 15.6. The summed E-state index contributed by atoms with van der Waals surface area (Å²) in [6.07, 6.45) is 8.89. The van der Waals surface area contributed by atoms with Crippen LogP contribution in [0, 0.1) is 5.92 Å². The van der Waals surface area contributed by atoms with E-state index < -0.39 is 0 Å². The van der Waals surface area contributed by atoms with E-state index in [1.165, 1.54) is 24.6 Å². The van der Waals surface area contributed by atoms with Gasteiger partial charge in [-0.2, -0.15) is 0 Å². The van der Waals surface area contributed by atoms with Crippen molar-refractivity contribution in [2.75, 3.05) is 5.75 Å². The number of fused-ring (bicyclic) bond motifs is 1. The SMILES string of the molecule is C[C@@H]1CCCC[C@H]1NC(=O)NC(=O)CSc1nnc2n1CCCCC2. The Kier molecular flexibility index (Phi) is 6.34. The van der Waals surface area contributed by atoms with Gasteiger partial charge in [-0.15, -0.1) is 10.2 Å². The minimum atomic E-state index is -0.385. The highest BCUT2D eigenvalue weighted by Gasteiger charge is 2.23. The number of hydrogen-bond acceptors (Lipinski definition) is 5. The minimum absolute atomic E-state index is 0.168. The number of urea groups is 1. The maximum atomic E-state index is 12.1. The molecule has 1 aliphatic carbocycles. The van der Waals surface area contributed by atoms with Gasteiger partial charge in [0.2, 0.25) is 5.91 Å². The average Bonchev–Trinajstić information content (AvgIpc) is 2.81. The van der Waals surface area contributed by atoms with Gasteiger partial charge < -0.3 is 9.88 Å². The topological polar surface area (TPSA) is 88.9 Å². The number of nitrogens with zero attached hydrogens (tertiary/aromatic N) is 3. The molecule has 25 heavy (non-hydrogen) atoms. The van der Waals surface area contributed by atoms with E-state index in [1.807, 2.05) is 0 Å². The summed E-state index contributed by atoms with van der Waals surface area (Å²) in [5.74, 6) is 1.35. The third-order valence-electron chi connectivity index (χ3n) is 5.09. The molecule has 1 saturated carbocycles. The summed E-state index contributed by atoms with van der Waals surface area (Å²) in [6, 6.07) is -0.217. The standard InChI is InChI=1S/C17H27N5O2S/c1-12-7-4-5-8-13(12)18-16(24)19-15(23)11-25-17-21-20-14-9-3-2-6-10-22(14)17/h12-13H,2-11H2,1H3,(H2,18,19,23,24)/t12-,13-/m1/s1. The molecule has 2 N–H and O–H groups in total. The van der Waals surface area contributed by atoms with Gasteiger partial charge in [-0.05, 0) is 31.6 Å². The smallest absolute Gasteiger partial charge is 0.321 e. The monoisotopic (exact) mass is 365 g/mol. The summed E-state index contributed by atoms with van der Waals surface area (Å²) in [4.78, 5) is 24.1. The molecule has 2 heterocycles. The number of amides is 3. The van der Waals surface area contributed by atoms with Crippen LogP contribution >= 0.6 is 11.8 Å². The largest absolute Gasteiger partial charge is 0.335 e.